The van der Waals surface area contributed by atoms with Crippen LogP contribution >= 0.6 is 0 Å². The molecule has 0 bridgehead atoms. The number of hydrogen-bond acceptors (Lipinski definition) is 5. The van der Waals surface area contributed by atoms with E-state index in [0.29, 0.717) is 16.4 Å². The van der Waals surface area contributed by atoms with Crippen molar-refractivity contribution in [3.05, 3.63) is 34.1 Å². The molecule has 0 radical (unpaired) electrons. The monoisotopic (exact) mass is 323 g/mol. The molecule has 0 atom stereocenters. The van der Waals surface area contributed by atoms with Gasteiger partial charge in [-0.2, -0.15) is 0 Å². The summed E-state index contributed by atoms with van der Waals surface area (Å²) >= 11 is -0.0544. The third kappa shape index (κ3) is 1.87. The third-order valence-corrected chi connectivity index (χ3v) is 3.98. The van der Waals surface area contributed by atoms with E-state index in [2.05, 4.69) is 12.9 Å². The van der Waals surface area contributed by atoms with Gasteiger partial charge in [0, 0.05) is 0 Å². The van der Waals surface area contributed by atoms with Gasteiger partial charge in [-0.1, -0.05) is 0 Å². The molecule has 2 heterocycles. The molecule has 2 aromatic heterocycles. The molecular weight excluding hydrogens is 313 g/mol. The zero-order valence-corrected chi connectivity index (χ0v) is 11.7. The number of ether oxygens (including phenoxy) is 1. The van der Waals surface area contributed by atoms with Gasteiger partial charge in [-0.05, 0) is 0 Å². The topological polar surface area (TPSA) is 84.9 Å². The number of esters is 1. The predicted molar refractivity (Wildman–Crippen MR) is 70.6 cm³/mol. The molecule has 0 unspecified atom stereocenters. The SMILES string of the molecule is CCOC(=O)c1cnc2c(ccc3[nH][se]nc32)c1=O. The minimum absolute atomic E-state index is 0.0363. The van der Waals surface area contributed by atoms with Crippen LogP contribution in [-0.2, 0) is 4.74 Å². The van der Waals surface area contributed by atoms with E-state index >= 15 is 0 Å². The number of hydrogen-bond donors (Lipinski definition) is 1. The molecule has 0 amide bonds. The van der Waals surface area contributed by atoms with Crippen LogP contribution in [0.25, 0.3) is 21.9 Å². The van der Waals surface area contributed by atoms with Crippen LogP contribution < -0.4 is 5.43 Å². The number of rotatable bonds is 2. The maximum absolute atomic E-state index is 12.2. The number of pyridine rings is 1. The zero-order chi connectivity index (χ0) is 13.4. The quantitative estimate of drug-likeness (QED) is 0.555. The summed E-state index contributed by atoms with van der Waals surface area (Å²) in [6.45, 7) is 1.92. The molecule has 7 heteroatoms. The van der Waals surface area contributed by atoms with E-state index in [-0.39, 0.29) is 32.6 Å². The molecule has 0 aliphatic rings. The second kappa shape index (κ2) is 4.60. The van der Waals surface area contributed by atoms with E-state index in [9.17, 15) is 9.59 Å². The Morgan fingerprint density at radius 3 is 3.05 bits per heavy atom. The standard InChI is InChI=1S/C12H9N3O3Se/c1-2-18-12(17)7-5-13-9-6(11(7)16)3-4-8-10(9)15-19-14-8/h3-5,14H,2H2,1H3. The number of carbonyl (C=O) groups excluding carboxylic acids is 1. The predicted octanol–water partition coefficient (Wildman–Crippen LogP) is 0.705. The normalized spacial score (nSPS) is 11.0. The third-order valence-electron chi connectivity index (χ3n) is 2.75. The number of carbonyl (C=O) groups is 1. The van der Waals surface area contributed by atoms with Gasteiger partial charge in [0.25, 0.3) is 0 Å². The van der Waals surface area contributed by atoms with Crippen molar-refractivity contribution in [2.45, 2.75) is 6.92 Å². The minimum atomic E-state index is -0.637. The van der Waals surface area contributed by atoms with Crippen molar-refractivity contribution in [1.29, 1.82) is 0 Å². The van der Waals surface area contributed by atoms with Crippen LogP contribution in [0.3, 0.4) is 0 Å². The molecule has 0 saturated carbocycles. The number of nitrogens with one attached hydrogen (secondary N) is 1. The first-order valence-electron chi connectivity index (χ1n) is 5.65. The van der Waals surface area contributed by atoms with Crippen molar-refractivity contribution in [3.63, 3.8) is 0 Å². The van der Waals surface area contributed by atoms with Crippen molar-refractivity contribution in [3.8, 4) is 0 Å². The second-order valence-electron chi connectivity index (χ2n) is 3.86. The summed E-state index contributed by atoms with van der Waals surface area (Å²) in [4.78, 5) is 28.1. The molecule has 1 aromatic carbocycles. The average Bonchev–Trinajstić information content (AvgIpc) is 2.87. The Morgan fingerprint density at radius 2 is 2.26 bits per heavy atom. The first kappa shape index (κ1) is 12.1. The fourth-order valence-electron chi connectivity index (χ4n) is 1.87. The molecule has 0 fully saturated rings. The van der Waals surface area contributed by atoms with Crippen molar-refractivity contribution in [1.82, 2.24) is 12.9 Å². The number of nitrogens with zero attached hydrogens (tertiary/aromatic N) is 2. The molecule has 96 valence electrons. The number of H-pyrrole nitrogens is 1. The molecule has 0 saturated heterocycles. The molecule has 3 aromatic rings. The van der Waals surface area contributed by atoms with E-state index in [1.54, 1.807) is 19.1 Å². The van der Waals surface area contributed by atoms with Crippen molar-refractivity contribution in [2.24, 2.45) is 0 Å². The summed E-state index contributed by atoms with van der Waals surface area (Å²) in [6, 6.07) is 3.45. The molecule has 0 aliphatic carbocycles. The van der Waals surface area contributed by atoms with E-state index in [1.807, 2.05) is 0 Å². The van der Waals surface area contributed by atoms with Crippen LogP contribution in [0.4, 0.5) is 0 Å². The Bertz CT molecular complexity index is 837. The van der Waals surface area contributed by atoms with Crippen molar-refractivity contribution in [2.75, 3.05) is 6.61 Å². The number of aromatic amines is 1. The fraction of sp³-hybridized carbons (Fsp3) is 0.167. The molecular formula is C12H9N3O3Se. The van der Waals surface area contributed by atoms with Gasteiger partial charge >= 0.3 is 113 Å². The number of benzene rings is 1. The van der Waals surface area contributed by atoms with Crippen LogP contribution in [0, 0.1) is 0 Å². The van der Waals surface area contributed by atoms with Crippen LogP contribution in [-0.4, -0.2) is 40.5 Å². The van der Waals surface area contributed by atoms with Gasteiger partial charge in [0.05, 0.1) is 0 Å². The molecule has 19 heavy (non-hydrogen) atoms. The van der Waals surface area contributed by atoms with Gasteiger partial charge in [-0.25, -0.2) is 0 Å². The van der Waals surface area contributed by atoms with Gasteiger partial charge in [-0.3, -0.25) is 0 Å². The van der Waals surface area contributed by atoms with Gasteiger partial charge in [-0.15, -0.1) is 0 Å². The Morgan fingerprint density at radius 1 is 1.42 bits per heavy atom. The Balaban J connectivity index is 2.30. The van der Waals surface area contributed by atoms with Crippen LogP contribution in [0.1, 0.15) is 17.3 Å². The van der Waals surface area contributed by atoms with E-state index in [0.717, 1.165) is 5.52 Å². The molecule has 6 nitrogen and oxygen atoms in total. The van der Waals surface area contributed by atoms with Crippen molar-refractivity contribution >= 4 is 42.9 Å². The maximum atomic E-state index is 12.2. The average molecular weight is 322 g/mol. The summed E-state index contributed by atoms with van der Waals surface area (Å²) < 4.78 is 12.3. The van der Waals surface area contributed by atoms with Crippen LogP contribution in [0.15, 0.2) is 23.1 Å². The Kier molecular flexibility index (Phi) is 2.93. The molecule has 1 N–H and O–H groups in total. The summed E-state index contributed by atoms with van der Waals surface area (Å²) in [5, 5.41) is 0.396. The number of aromatic nitrogens is 3. The summed E-state index contributed by atoms with van der Waals surface area (Å²) in [6.07, 6.45) is 1.27. The first-order chi connectivity index (χ1) is 9.22. The van der Waals surface area contributed by atoms with Gasteiger partial charge < -0.3 is 0 Å². The van der Waals surface area contributed by atoms with E-state index in [1.165, 1.54) is 6.20 Å². The fourth-order valence-corrected chi connectivity index (χ4v) is 3.10. The van der Waals surface area contributed by atoms with Crippen LogP contribution in [0.2, 0.25) is 0 Å². The molecule has 0 aliphatic heterocycles. The van der Waals surface area contributed by atoms with Gasteiger partial charge in [0.2, 0.25) is 0 Å². The Hall–Kier alpha value is -1.98. The van der Waals surface area contributed by atoms with E-state index < -0.39 is 5.97 Å². The molecule has 3 rings (SSSR count). The van der Waals surface area contributed by atoms with Crippen LogP contribution in [0.5, 0.6) is 0 Å². The van der Waals surface area contributed by atoms with Gasteiger partial charge in [0.15, 0.2) is 0 Å². The van der Waals surface area contributed by atoms with Crippen molar-refractivity contribution < 1.29 is 9.53 Å². The summed E-state index contributed by atoms with van der Waals surface area (Å²) in [7, 11) is 0. The van der Waals surface area contributed by atoms with Gasteiger partial charge in [0.1, 0.15) is 0 Å². The summed E-state index contributed by atoms with van der Waals surface area (Å²) in [5.41, 5.74) is 1.71. The molecule has 0 spiro atoms. The zero-order valence-electron chi connectivity index (χ0n) is 9.97. The van der Waals surface area contributed by atoms with E-state index in [4.69, 9.17) is 4.74 Å². The summed E-state index contributed by atoms with van der Waals surface area (Å²) in [5.74, 6) is -0.637. The Labute approximate surface area is 113 Å². The first-order valence-corrected chi connectivity index (χ1v) is 7.27. The second-order valence-corrected chi connectivity index (χ2v) is 5.06. The number of fused-ring (bicyclic) bond motifs is 3.